The predicted molar refractivity (Wildman–Crippen MR) is 51.4 cm³/mol. The standard InChI is InChI=1S/C10H13NO3/c12-6-11-4-3-8-1-2-9-10(5-8)14-7-13-9/h1-2,5,11-12H,3-4,6-7H2. The molecule has 0 fully saturated rings. The summed E-state index contributed by atoms with van der Waals surface area (Å²) in [7, 11) is 0. The summed E-state index contributed by atoms with van der Waals surface area (Å²) in [6.45, 7) is 1.09. The zero-order chi connectivity index (χ0) is 9.80. The molecule has 0 atom stereocenters. The maximum Gasteiger partial charge on any atom is 0.231 e. The molecule has 2 N–H and O–H groups in total. The predicted octanol–water partition coefficient (Wildman–Crippen LogP) is 0.497. The van der Waals surface area contributed by atoms with Gasteiger partial charge in [0, 0.05) is 6.54 Å². The lowest BCUT2D eigenvalue weighted by Gasteiger charge is -2.03. The molecule has 2 rings (SSSR count). The van der Waals surface area contributed by atoms with E-state index in [9.17, 15) is 0 Å². The second-order valence-corrected chi connectivity index (χ2v) is 3.10. The van der Waals surface area contributed by atoms with Gasteiger partial charge in [0.2, 0.25) is 6.79 Å². The molecule has 1 aromatic rings. The first-order chi connectivity index (χ1) is 6.90. The molecule has 1 aliphatic rings. The molecule has 14 heavy (non-hydrogen) atoms. The molecule has 1 aromatic carbocycles. The molecule has 4 nitrogen and oxygen atoms in total. The van der Waals surface area contributed by atoms with Crippen LogP contribution in [0, 0.1) is 0 Å². The summed E-state index contributed by atoms with van der Waals surface area (Å²) in [5.41, 5.74) is 1.18. The largest absolute Gasteiger partial charge is 0.454 e. The Kier molecular flexibility index (Phi) is 2.86. The average Bonchev–Trinajstić information content (AvgIpc) is 2.65. The van der Waals surface area contributed by atoms with Crippen molar-refractivity contribution in [2.45, 2.75) is 6.42 Å². The maximum atomic E-state index is 8.54. The zero-order valence-electron chi connectivity index (χ0n) is 7.82. The summed E-state index contributed by atoms with van der Waals surface area (Å²) in [4.78, 5) is 0. The minimum absolute atomic E-state index is 0.0184. The Morgan fingerprint density at radius 2 is 2.14 bits per heavy atom. The lowest BCUT2D eigenvalue weighted by atomic mass is 10.1. The Morgan fingerprint density at radius 1 is 1.29 bits per heavy atom. The first-order valence-electron chi connectivity index (χ1n) is 4.60. The Balaban J connectivity index is 1.98. The monoisotopic (exact) mass is 195 g/mol. The molecule has 1 aliphatic heterocycles. The summed E-state index contributed by atoms with van der Waals surface area (Å²) >= 11 is 0. The molecule has 0 spiro atoms. The van der Waals surface area contributed by atoms with Crippen LogP contribution in [0.4, 0.5) is 0 Å². The molecule has 0 saturated carbocycles. The molecule has 0 unspecified atom stereocenters. The van der Waals surface area contributed by atoms with Gasteiger partial charge >= 0.3 is 0 Å². The number of fused-ring (bicyclic) bond motifs is 1. The number of benzene rings is 1. The SMILES string of the molecule is OCNCCc1ccc2c(c1)OCO2. The molecule has 0 aromatic heterocycles. The van der Waals surface area contributed by atoms with E-state index < -0.39 is 0 Å². The fourth-order valence-corrected chi connectivity index (χ4v) is 1.41. The molecule has 0 amide bonds. The molecule has 0 bridgehead atoms. The molecule has 1 heterocycles. The third-order valence-corrected chi connectivity index (χ3v) is 2.14. The minimum Gasteiger partial charge on any atom is -0.454 e. The smallest absolute Gasteiger partial charge is 0.231 e. The summed E-state index contributed by atoms with van der Waals surface area (Å²) in [5, 5.41) is 11.4. The van der Waals surface area contributed by atoms with Crippen molar-refractivity contribution >= 4 is 0 Å². The van der Waals surface area contributed by atoms with E-state index >= 15 is 0 Å². The fourth-order valence-electron chi connectivity index (χ4n) is 1.41. The van der Waals surface area contributed by atoms with Gasteiger partial charge in [-0.2, -0.15) is 0 Å². The van der Waals surface area contributed by atoms with Gasteiger partial charge in [-0.05, 0) is 24.1 Å². The van der Waals surface area contributed by atoms with Crippen molar-refractivity contribution in [3.05, 3.63) is 23.8 Å². The summed E-state index contributed by atoms with van der Waals surface area (Å²) in [6, 6.07) is 5.89. The Hall–Kier alpha value is -1.26. The van der Waals surface area contributed by atoms with Gasteiger partial charge < -0.3 is 14.6 Å². The van der Waals surface area contributed by atoms with E-state index in [1.165, 1.54) is 5.56 Å². The van der Waals surface area contributed by atoms with Crippen LogP contribution in [0.2, 0.25) is 0 Å². The Morgan fingerprint density at radius 3 is 3.00 bits per heavy atom. The van der Waals surface area contributed by atoms with E-state index in [0.717, 1.165) is 24.5 Å². The van der Waals surface area contributed by atoms with Crippen LogP contribution < -0.4 is 14.8 Å². The van der Waals surface area contributed by atoms with E-state index in [1.807, 2.05) is 18.2 Å². The molecule has 76 valence electrons. The number of aliphatic hydroxyl groups is 1. The van der Waals surface area contributed by atoms with Gasteiger partial charge in [0.05, 0.1) is 6.73 Å². The number of aliphatic hydroxyl groups excluding tert-OH is 1. The van der Waals surface area contributed by atoms with Gasteiger partial charge in [-0.25, -0.2) is 0 Å². The lowest BCUT2D eigenvalue weighted by Crippen LogP contribution is -2.17. The summed E-state index contributed by atoms with van der Waals surface area (Å²) < 4.78 is 10.5. The van der Waals surface area contributed by atoms with Gasteiger partial charge in [0.25, 0.3) is 0 Å². The Bertz CT molecular complexity index is 314. The zero-order valence-corrected chi connectivity index (χ0v) is 7.82. The molecular weight excluding hydrogens is 182 g/mol. The molecule has 0 aliphatic carbocycles. The van der Waals surface area contributed by atoms with E-state index in [2.05, 4.69) is 5.32 Å². The third-order valence-electron chi connectivity index (χ3n) is 2.14. The van der Waals surface area contributed by atoms with Crippen molar-refractivity contribution < 1.29 is 14.6 Å². The van der Waals surface area contributed by atoms with E-state index in [-0.39, 0.29) is 6.73 Å². The minimum atomic E-state index is 0.0184. The van der Waals surface area contributed by atoms with Crippen LogP contribution in [0.1, 0.15) is 5.56 Å². The molecule has 4 heteroatoms. The highest BCUT2D eigenvalue weighted by Gasteiger charge is 2.12. The second kappa shape index (κ2) is 4.30. The van der Waals surface area contributed by atoms with Crippen LogP contribution >= 0.6 is 0 Å². The Labute approximate surface area is 82.5 Å². The van der Waals surface area contributed by atoms with Crippen molar-refractivity contribution in [3.63, 3.8) is 0 Å². The average molecular weight is 195 g/mol. The van der Waals surface area contributed by atoms with E-state index in [1.54, 1.807) is 0 Å². The molecule has 0 saturated heterocycles. The topological polar surface area (TPSA) is 50.7 Å². The van der Waals surface area contributed by atoms with Gasteiger partial charge in [0.15, 0.2) is 11.5 Å². The van der Waals surface area contributed by atoms with Crippen molar-refractivity contribution in [2.24, 2.45) is 0 Å². The number of nitrogens with one attached hydrogen (secondary N) is 1. The first-order valence-corrected chi connectivity index (χ1v) is 4.60. The highest BCUT2D eigenvalue weighted by Crippen LogP contribution is 2.32. The van der Waals surface area contributed by atoms with Crippen LogP contribution in [-0.2, 0) is 6.42 Å². The lowest BCUT2D eigenvalue weighted by molar-refractivity contribution is 0.174. The van der Waals surface area contributed by atoms with Crippen molar-refractivity contribution in [1.29, 1.82) is 0 Å². The van der Waals surface area contributed by atoms with Crippen LogP contribution in [-0.4, -0.2) is 25.2 Å². The van der Waals surface area contributed by atoms with E-state index in [4.69, 9.17) is 14.6 Å². The second-order valence-electron chi connectivity index (χ2n) is 3.10. The molecular formula is C10H13NO3. The van der Waals surface area contributed by atoms with Gasteiger partial charge in [-0.15, -0.1) is 0 Å². The van der Waals surface area contributed by atoms with Crippen molar-refractivity contribution in [3.8, 4) is 11.5 Å². The van der Waals surface area contributed by atoms with Gasteiger partial charge in [-0.1, -0.05) is 6.07 Å². The van der Waals surface area contributed by atoms with Crippen molar-refractivity contribution in [1.82, 2.24) is 5.32 Å². The van der Waals surface area contributed by atoms with E-state index in [0.29, 0.717) is 6.79 Å². The first kappa shape index (κ1) is 9.30. The molecule has 0 radical (unpaired) electrons. The highest BCUT2D eigenvalue weighted by atomic mass is 16.7. The van der Waals surface area contributed by atoms with Crippen LogP contribution in [0.25, 0.3) is 0 Å². The number of ether oxygens (including phenoxy) is 2. The number of hydrogen-bond acceptors (Lipinski definition) is 4. The van der Waals surface area contributed by atoms with Crippen LogP contribution in [0.5, 0.6) is 11.5 Å². The fraction of sp³-hybridized carbons (Fsp3) is 0.400. The van der Waals surface area contributed by atoms with Crippen LogP contribution in [0.15, 0.2) is 18.2 Å². The normalized spacial score (nSPS) is 13.2. The maximum absolute atomic E-state index is 8.54. The number of rotatable bonds is 4. The van der Waals surface area contributed by atoms with Crippen molar-refractivity contribution in [2.75, 3.05) is 20.1 Å². The summed E-state index contributed by atoms with van der Waals surface area (Å²) in [6.07, 6.45) is 0.872. The highest BCUT2D eigenvalue weighted by molar-refractivity contribution is 5.44. The quantitative estimate of drug-likeness (QED) is 0.542. The van der Waals surface area contributed by atoms with Gasteiger partial charge in [0.1, 0.15) is 0 Å². The van der Waals surface area contributed by atoms with Gasteiger partial charge in [-0.3, -0.25) is 5.32 Å². The third kappa shape index (κ3) is 1.97. The number of hydrogen-bond donors (Lipinski definition) is 2. The van der Waals surface area contributed by atoms with Crippen LogP contribution in [0.3, 0.4) is 0 Å². The summed E-state index contributed by atoms with van der Waals surface area (Å²) in [5.74, 6) is 1.62.